The summed E-state index contributed by atoms with van der Waals surface area (Å²) in [7, 11) is 1.69. The lowest BCUT2D eigenvalue weighted by Crippen LogP contribution is -2.61. The first-order chi connectivity index (χ1) is 16.6. The number of amides is 1. The molecule has 0 bridgehead atoms. The van der Waals surface area contributed by atoms with Gasteiger partial charge in [-0.1, -0.05) is 24.3 Å². The Balaban J connectivity index is 1.34. The number of ether oxygens (including phenoxy) is 1. The lowest BCUT2D eigenvalue weighted by molar-refractivity contribution is -0.126. The normalized spacial score (nSPS) is 19.9. The number of halogens is 1. The molecule has 1 saturated heterocycles. The summed E-state index contributed by atoms with van der Waals surface area (Å²) < 4.78 is 18.8. The molecule has 2 atom stereocenters. The summed E-state index contributed by atoms with van der Waals surface area (Å²) >= 11 is 1.72. The summed E-state index contributed by atoms with van der Waals surface area (Å²) in [6.07, 6.45) is 1.57. The van der Waals surface area contributed by atoms with Gasteiger partial charge in [0.2, 0.25) is 5.91 Å². The molecule has 2 aromatic carbocycles. The van der Waals surface area contributed by atoms with Crippen LogP contribution in [-0.4, -0.2) is 50.1 Å². The van der Waals surface area contributed by atoms with Gasteiger partial charge in [0.25, 0.3) is 0 Å². The quantitative estimate of drug-likeness (QED) is 0.554. The van der Waals surface area contributed by atoms with Crippen LogP contribution in [0.3, 0.4) is 0 Å². The van der Waals surface area contributed by atoms with Crippen molar-refractivity contribution in [2.75, 3.05) is 38.2 Å². The van der Waals surface area contributed by atoms with Gasteiger partial charge in [-0.15, -0.1) is 11.3 Å². The molecule has 7 heteroatoms. The highest BCUT2D eigenvalue weighted by Gasteiger charge is 2.41. The maximum Gasteiger partial charge on any atom is 0.225 e. The first kappa shape index (κ1) is 22.9. The lowest BCUT2D eigenvalue weighted by atomic mass is 9.83. The molecule has 1 N–H and O–H groups in total. The molecule has 178 valence electrons. The summed E-state index contributed by atoms with van der Waals surface area (Å²) in [5.41, 5.74) is 3.46. The first-order valence-corrected chi connectivity index (χ1v) is 12.7. The molecule has 3 aromatic rings. The van der Waals surface area contributed by atoms with Crippen LogP contribution in [0.15, 0.2) is 60.0 Å². The van der Waals surface area contributed by atoms with Gasteiger partial charge in [0.05, 0.1) is 19.1 Å². The Labute approximate surface area is 204 Å². The molecule has 5 nitrogen and oxygen atoms in total. The first-order valence-electron chi connectivity index (χ1n) is 11.8. The van der Waals surface area contributed by atoms with Crippen LogP contribution in [0.5, 0.6) is 5.75 Å². The molecule has 0 radical (unpaired) electrons. The van der Waals surface area contributed by atoms with Crippen LogP contribution in [0.25, 0.3) is 0 Å². The van der Waals surface area contributed by atoms with E-state index < -0.39 is 0 Å². The number of nitrogens with zero attached hydrogens (tertiary/aromatic N) is 2. The average molecular weight is 480 g/mol. The number of benzene rings is 2. The van der Waals surface area contributed by atoms with Gasteiger partial charge in [0.15, 0.2) is 0 Å². The van der Waals surface area contributed by atoms with Crippen LogP contribution in [0, 0.1) is 11.7 Å². The molecule has 0 saturated carbocycles. The number of methoxy groups -OCH3 is 1. The van der Waals surface area contributed by atoms with Crippen molar-refractivity contribution in [2.45, 2.75) is 25.4 Å². The fraction of sp³-hybridized carbons (Fsp3) is 0.370. The number of anilines is 1. The third kappa shape index (κ3) is 4.95. The molecule has 0 aliphatic carbocycles. The molecule has 1 amide bonds. The van der Waals surface area contributed by atoms with Crippen molar-refractivity contribution < 1.29 is 13.9 Å². The lowest BCUT2D eigenvalue weighted by Gasteiger charge is -2.49. The smallest absolute Gasteiger partial charge is 0.225 e. The Morgan fingerprint density at radius 3 is 2.79 bits per heavy atom. The third-order valence-corrected chi connectivity index (χ3v) is 7.85. The maximum atomic E-state index is 13.4. The summed E-state index contributed by atoms with van der Waals surface area (Å²) in [6.45, 7) is 3.92. The molecule has 2 aliphatic rings. The number of thiophene rings is 1. The second kappa shape index (κ2) is 10.2. The van der Waals surface area contributed by atoms with Crippen LogP contribution in [-0.2, 0) is 24.2 Å². The third-order valence-electron chi connectivity index (χ3n) is 6.92. The summed E-state index contributed by atoms with van der Waals surface area (Å²) in [5.74, 6) is 0.618. The number of hydrogen-bond donors (Lipinski definition) is 1. The zero-order valence-corrected chi connectivity index (χ0v) is 20.2. The molecule has 34 heavy (non-hydrogen) atoms. The Morgan fingerprint density at radius 1 is 1.18 bits per heavy atom. The number of fused-ring (bicyclic) bond motifs is 3. The van der Waals surface area contributed by atoms with E-state index in [1.165, 1.54) is 28.3 Å². The topological polar surface area (TPSA) is 44.8 Å². The van der Waals surface area contributed by atoms with Crippen molar-refractivity contribution >= 4 is 22.9 Å². The van der Waals surface area contributed by atoms with Gasteiger partial charge < -0.3 is 15.0 Å². The fourth-order valence-corrected chi connectivity index (χ4v) is 5.86. The SMILES string of the molecule is COc1ccc2c(c1)N1CCN(Cc3ccc(F)cc3)C[C@H]1[C@@H](C(=O)NCCc1cccs1)C2. The largest absolute Gasteiger partial charge is 0.497 e. The number of hydrogen-bond acceptors (Lipinski definition) is 5. The fourth-order valence-electron chi connectivity index (χ4n) is 5.15. The average Bonchev–Trinajstić information content (AvgIpc) is 3.38. The van der Waals surface area contributed by atoms with E-state index >= 15 is 0 Å². The maximum absolute atomic E-state index is 13.4. The van der Waals surface area contributed by atoms with E-state index in [0.29, 0.717) is 6.54 Å². The Bertz CT molecular complexity index is 1120. The van der Waals surface area contributed by atoms with E-state index in [0.717, 1.165) is 50.3 Å². The van der Waals surface area contributed by atoms with E-state index in [4.69, 9.17) is 4.74 Å². The molecule has 0 spiro atoms. The Kier molecular flexibility index (Phi) is 6.83. The second-order valence-electron chi connectivity index (χ2n) is 9.05. The van der Waals surface area contributed by atoms with Gasteiger partial charge in [0, 0.05) is 49.4 Å². The molecule has 2 aliphatic heterocycles. The molecule has 0 unspecified atom stereocenters. The predicted molar refractivity (Wildman–Crippen MR) is 134 cm³/mol. The van der Waals surface area contributed by atoms with Crippen molar-refractivity contribution in [1.82, 2.24) is 10.2 Å². The molecule has 1 aromatic heterocycles. The van der Waals surface area contributed by atoms with E-state index in [1.54, 1.807) is 18.4 Å². The van der Waals surface area contributed by atoms with Gasteiger partial charge in [-0.3, -0.25) is 9.69 Å². The molecular formula is C27H30FN3O2S. The molecular weight excluding hydrogens is 449 g/mol. The minimum atomic E-state index is -0.217. The van der Waals surface area contributed by atoms with Crippen LogP contribution >= 0.6 is 11.3 Å². The highest BCUT2D eigenvalue weighted by Crippen LogP contribution is 2.38. The Hall–Kier alpha value is -2.90. The van der Waals surface area contributed by atoms with E-state index in [9.17, 15) is 9.18 Å². The number of nitrogens with one attached hydrogen (secondary N) is 1. The highest BCUT2D eigenvalue weighted by molar-refractivity contribution is 7.09. The monoisotopic (exact) mass is 479 g/mol. The van der Waals surface area contributed by atoms with E-state index in [-0.39, 0.29) is 23.7 Å². The minimum Gasteiger partial charge on any atom is -0.497 e. The summed E-state index contributed by atoms with van der Waals surface area (Å²) in [5, 5.41) is 5.27. The van der Waals surface area contributed by atoms with Gasteiger partial charge in [-0.2, -0.15) is 0 Å². The van der Waals surface area contributed by atoms with Gasteiger partial charge in [-0.05, 0) is 53.6 Å². The number of carbonyl (C=O) groups excluding carboxylic acids is 1. The molecule has 5 rings (SSSR count). The van der Waals surface area contributed by atoms with Crippen LogP contribution in [0.2, 0.25) is 0 Å². The van der Waals surface area contributed by atoms with E-state index in [1.807, 2.05) is 24.3 Å². The zero-order chi connectivity index (χ0) is 23.5. The van der Waals surface area contributed by atoms with E-state index in [2.05, 4.69) is 38.7 Å². The second-order valence-corrected chi connectivity index (χ2v) is 10.1. The zero-order valence-electron chi connectivity index (χ0n) is 19.4. The van der Waals surface area contributed by atoms with Crippen LogP contribution in [0.1, 0.15) is 16.0 Å². The van der Waals surface area contributed by atoms with Crippen LogP contribution in [0.4, 0.5) is 10.1 Å². The van der Waals surface area contributed by atoms with Crippen molar-refractivity contribution in [3.63, 3.8) is 0 Å². The van der Waals surface area contributed by atoms with Gasteiger partial charge in [-0.25, -0.2) is 4.39 Å². The van der Waals surface area contributed by atoms with Gasteiger partial charge in [0.1, 0.15) is 11.6 Å². The van der Waals surface area contributed by atoms with Crippen molar-refractivity contribution in [2.24, 2.45) is 5.92 Å². The highest BCUT2D eigenvalue weighted by atomic mass is 32.1. The number of piperazine rings is 1. The van der Waals surface area contributed by atoms with Gasteiger partial charge >= 0.3 is 0 Å². The predicted octanol–water partition coefficient (Wildman–Crippen LogP) is 4.12. The van der Waals surface area contributed by atoms with Crippen molar-refractivity contribution in [3.05, 3.63) is 81.8 Å². The van der Waals surface area contributed by atoms with Crippen molar-refractivity contribution in [1.29, 1.82) is 0 Å². The molecule has 3 heterocycles. The summed E-state index contributed by atoms with van der Waals surface area (Å²) in [4.78, 5) is 19.5. The molecule has 1 fully saturated rings. The minimum absolute atomic E-state index is 0.0792. The van der Waals surface area contributed by atoms with Crippen LogP contribution < -0.4 is 15.0 Å². The standard InChI is InChI=1S/C27H30FN3O2S/c1-33-22-9-6-20-15-24(27(32)29-11-10-23-3-2-14-34-23)26-18-30(12-13-31(26)25(20)16-22)17-19-4-7-21(28)8-5-19/h2-9,14,16,24,26H,10-13,15,17-18H2,1H3,(H,29,32)/t24-,26-/m0/s1. The Morgan fingerprint density at radius 2 is 2.03 bits per heavy atom. The van der Waals surface area contributed by atoms with Crippen molar-refractivity contribution in [3.8, 4) is 5.75 Å². The number of carbonyl (C=O) groups is 1. The summed E-state index contributed by atoms with van der Waals surface area (Å²) in [6, 6.07) is 17.1. The number of rotatable bonds is 7.